The molecule has 1 atom stereocenters. The molecule has 0 radical (unpaired) electrons. The van der Waals surface area contributed by atoms with Crippen LogP contribution in [0.25, 0.3) is 0 Å². The number of likely N-dealkylation sites (N-methyl/N-ethyl adjacent to an activating group) is 1. The molecule has 1 aliphatic carbocycles. The summed E-state index contributed by atoms with van der Waals surface area (Å²) in [7, 11) is 2.16. The van der Waals surface area contributed by atoms with Gasteiger partial charge in [-0.2, -0.15) is 5.10 Å². The molecule has 23 heavy (non-hydrogen) atoms. The Labute approximate surface area is 144 Å². The first-order chi connectivity index (χ1) is 11.2. The fraction of sp³-hybridized carbons (Fsp3) is 0.600. The highest BCUT2D eigenvalue weighted by Crippen LogP contribution is 2.39. The van der Waals surface area contributed by atoms with E-state index in [0.717, 1.165) is 42.3 Å². The summed E-state index contributed by atoms with van der Waals surface area (Å²) in [6.07, 6.45) is 4.39. The molecule has 1 aromatic rings. The molecule has 3 aliphatic rings. The molecule has 0 bridgehead atoms. The van der Waals surface area contributed by atoms with E-state index in [1.807, 2.05) is 6.21 Å². The molecular formula is C15H22BrN7. The van der Waals surface area contributed by atoms with Crippen LogP contribution >= 0.6 is 15.9 Å². The largest absolute Gasteiger partial charge is 0.337 e. The molecule has 1 saturated carbocycles. The molecule has 1 unspecified atom stereocenters. The van der Waals surface area contributed by atoms with Gasteiger partial charge in [0, 0.05) is 50.1 Å². The standard InChI is InChI=1S/C15H22BrN7/c1-22-4-6-23(7-5-22)15-17-9-11(16)14(19-15)18-13-8-12(20-21-13)10-2-3-10/h8-10,15,19H,2-7H2,1H3,(H2,18,20,21). The fourth-order valence-corrected chi connectivity index (χ4v) is 3.25. The molecule has 1 saturated heterocycles. The van der Waals surface area contributed by atoms with E-state index in [1.54, 1.807) is 0 Å². The second-order valence-electron chi connectivity index (χ2n) is 6.47. The van der Waals surface area contributed by atoms with E-state index >= 15 is 0 Å². The van der Waals surface area contributed by atoms with Crippen molar-refractivity contribution >= 4 is 28.0 Å². The number of H-pyrrole nitrogens is 1. The van der Waals surface area contributed by atoms with Crippen LogP contribution < -0.4 is 10.6 Å². The van der Waals surface area contributed by atoms with Crippen LogP contribution in [0.4, 0.5) is 5.82 Å². The monoisotopic (exact) mass is 379 g/mol. The maximum absolute atomic E-state index is 4.59. The normalized spacial score (nSPS) is 26.4. The fourth-order valence-electron chi connectivity index (χ4n) is 2.92. The molecule has 1 aromatic heterocycles. The first-order valence-electron chi connectivity index (χ1n) is 8.13. The second-order valence-corrected chi connectivity index (χ2v) is 7.32. The second kappa shape index (κ2) is 6.26. The van der Waals surface area contributed by atoms with Gasteiger partial charge in [0.25, 0.3) is 0 Å². The molecule has 7 nitrogen and oxygen atoms in total. The summed E-state index contributed by atoms with van der Waals surface area (Å²) < 4.78 is 0.916. The van der Waals surface area contributed by atoms with Gasteiger partial charge >= 0.3 is 0 Å². The highest BCUT2D eigenvalue weighted by Gasteiger charge is 2.27. The zero-order valence-corrected chi connectivity index (χ0v) is 14.8. The number of hydrogen-bond donors (Lipinski definition) is 3. The van der Waals surface area contributed by atoms with Gasteiger partial charge in [0.1, 0.15) is 5.82 Å². The number of aromatic nitrogens is 2. The topological polar surface area (TPSA) is 71.6 Å². The lowest BCUT2D eigenvalue weighted by atomic mass is 10.3. The van der Waals surface area contributed by atoms with Crippen LogP contribution in [0.5, 0.6) is 0 Å². The van der Waals surface area contributed by atoms with Crippen molar-refractivity contribution in [3.8, 4) is 0 Å². The van der Waals surface area contributed by atoms with Crippen molar-refractivity contribution in [2.24, 2.45) is 4.99 Å². The summed E-state index contributed by atoms with van der Waals surface area (Å²) in [6.45, 7) is 4.19. The Bertz CT molecular complexity index is 626. The molecule has 0 spiro atoms. The summed E-state index contributed by atoms with van der Waals surface area (Å²) in [5, 5.41) is 14.3. The van der Waals surface area contributed by atoms with E-state index in [0.29, 0.717) is 5.92 Å². The smallest absolute Gasteiger partial charge is 0.177 e. The van der Waals surface area contributed by atoms with Crippen molar-refractivity contribution in [2.45, 2.75) is 25.0 Å². The highest BCUT2D eigenvalue weighted by atomic mass is 79.9. The zero-order chi connectivity index (χ0) is 15.8. The molecule has 0 aromatic carbocycles. The lowest BCUT2D eigenvalue weighted by molar-refractivity contribution is 0.103. The Morgan fingerprint density at radius 1 is 1.26 bits per heavy atom. The van der Waals surface area contributed by atoms with E-state index < -0.39 is 0 Å². The third kappa shape index (κ3) is 3.44. The molecular weight excluding hydrogens is 358 g/mol. The van der Waals surface area contributed by atoms with Crippen molar-refractivity contribution in [3.63, 3.8) is 0 Å². The van der Waals surface area contributed by atoms with Crippen LogP contribution in [0.2, 0.25) is 0 Å². The Morgan fingerprint density at radius 3 is 2.78 bits per heavy atom. The Hall–Kier alpha value is -1.38. The predicted octanol–water partition coefficient (Wildman–Crippen LogP) is 1.47. The molecule has 3 heterocycles. The van der Waals surface area contributed by atoms with Gasteiger partial charge in [-0.25, -0.2) is 0 Å². The van der Waals surface area contributed by atoms with E-state index in [1.165, 1.54) is 18.5 Å². The summed E-state index contributed by atoms with van der Waals surface area (Å²) in [5.41, 5.74) is 1.23. The number of nitrogens with zero attached hydrogens (tertiary/aromatic N) is 4. The third-order valence-corrected chi connectivity index (χ3v) is 5.19. The van der Waals surface area contributed by atoms with Crippen molar-refractivity contribution in [1.82, 2.24) is 25.3 Å². The molecule has 3 N–H and O–H groups in total. The summed E-state index contributed by atoms with van der Waals surface area (Å²) >= 11 is 3.56. The Kier molecular flexibility index (Phi) is 4.13. The van der Waals surface area contributed by atoms with Gasteiger partial charge in [-0.15, -0.1) is 0 Å². The average molecular weight is 380 g/mol. The van der Waals surface area contributed by atoms with E-state index in [4.69, 9.17) is 0 Å². The van der Waals surface area contributed by atoms with Crippen LogP contribution in [0.15, 0.2) is 21.4 Å². The first-order valence-corrected chi connectivity index (χ1v) is 8.93. The first kappa shape index (κ1) is 15.2. The van der Waals surface area contributed by atoms with Gasteiger partial charge in [-0.05, 0) is 35.8 Å². The maximum Gasteiger partial charge on any atom is 0.177 e. The molecule has 124 valence electrons. The molecule has 2 fully saturated rings. The molecule has 8 heteroatoms. The summed E-state index contributed by atoms with van der Waals surface area (Å²) in [5.74, 6) is 2.44. The summed E-state index contributed by atoms with van der Waals surface area (Å²) in [6, 6.07) is 2.10. The van der Waals surface area contributed by atoms with Gasteiger partial charge in [0.2, 0.25) is 0 Å². The lowest BCUT2D eigenvalue weighted by Crippen LogP contribution is -2.54. The number of piperazine rings is 1. The van der Waals surface area contributed by atoms with Crippen molar-refractivity contribution in [2.75, 3.05) is 38.5 Å². The van der Waals surface area contributed by atoms with Crippen LogP contribution in [0.3, 0.4) is 0 Å². The Balaban J connectivity index is 1.41. The van der Waals surface area contributed by atoms with Gasteiger partial charge in [0.15, 0.2) is 12.1 Å². The zero-order valence-electron chi connectivity index (χ0n) is 13.2. The van der Waals surface area contributed by atoms with Gasteiger partial charge in [0.05, 0.1) is 4.48 Å². The number of halogens is 1. The van der Waals surface area contributed by atoms with E-state index in [-0.39, 0.29) is 6.29 Å². The maximum atomic E-state index is 4.59. The van der Waals surface area contributed by atoms with Crippen molar-refractivity contribution in [3.05, 3.63) is 22.1 Å². The quantitative estimate of drug-likeness (QED) is 0.738. The number of aromatic amines is 1. The SMILES string of the molecule is CN1CCN(C2N=CC(Br)=C(Nc3cc(C4CC4)[nH]n3)N2)CC1. The number of hydrogen-bond acceptors (Lipinski definition) is 6. The van der Waals surface area contributed by atoms with Crippen LogP contribution in [-0.4, -0.2) is 65.7 Å². The molecule has 2 aliphatic heterocycles. The molecule has 4 rings (SSSR count). The minimum absolute atomic E-state index is 0.0191. The number of nitrogens with one attached hydrogen (secondary N) is 3. The van der Waals surface area contributed by atoms with Crippen LogP contribution in [0.1, 0.15) is 24.5 Å². The van der Waals surface area contributed by atoms with E-state index in [9.17, 15) is 0 Å². The van der Waals surface area contributed by atoms with Gasteiger partial charge < -0.3 is 15.5 Å². The van der Waals surface area contributed by atoms with Crippen molar-refractivity contribution in [1.29, 1.82) is 0 Å². The Morgan fingerprint density at radius 2 is 2.04 bits per heavy atom. The van der Waals surface area contributed by atoms with E-state index in [2.05, 4.69) is 64.7 Å². The number of allylic oxidation sites excluding steroid dienone is 1. The third-order valence-electron chi connectivity index (χ3n) is 4.59. The van der Waals surface area contributed by atoms with Gasteiger partial charge in [-0.1, -0.05) is 0 Å². The number of anilines is 1. The van der Waals surface area contributed by atoms with Crippen LogP contribution in [-0.2, 0) is 0 Å². The lowest BCUT2D eigenvalue weighted by Gasteiger charge is -2.38. The minimum atomic E-state index is -0.0191. The average Bonchev–Trinajstić information content (AvgIpc) is 3.30. The number of aliphatic imine (C=N–C) groups is 1. The van der Waals surface area contributed by atoms with Gasteiger partial charge in [-0.3, -0.25) is 15.0 Å². The predicted molar refractivity (Wildman–Crippen MR) is 94.6 cm³/mol. The highest BCUT2D eigenvalue weighted by molar-refractivity contribution is 9.12. The van der Waals surface area contributed by atoms with Crippen LogP contribution in [0, 0.1) is 0 Å². The number of rotatable bonds is 4. The van der Waals surface area contributed by atoms with Crippen molar-refractivity contribution < 1.29 is 0 Å². The molecule has 0 amide bonds. The summed E-state index contributed by atoms with van der Waals surface area (Å²) in [4.78, 5) is 9.30. The minimum Gasteiger partial charge on any atom is -0.337 e.